The summed E-state index contributed by atoms with van der Waals surface area (Å²) in [7, 11) is 1.77. The number of carbonyl (C=O) groups excluding carboxylic acids is 3. The first-order chi connectivity index (χ1) is 16.9. The number of anilines is 1. The van der Waals surface area contributed by atoms with Crippen molar-refractivity contribution in [1.82, 2.24) is 15.2 Å². The summed E-state index contributed by atoms with van der Waals surface area (Å²) < 4.78 is 12.2. The van der Waals surface area contributed by atoms with Crippen LogP contribution in [0.4, 0.5) is 5.69 Å². The maximum Gasteiger partial charge on any atom is 0.257 e. The molecule has 9 nitrogen and oxygen atoms in total. The van der Waals surface area contributed by atoms with Crippen LogP contribution in [0, 0.1) is 0 Å². The molecule has 186 valence electrons. The third kappa shape index (κ3) is 6.16. The molecule has 0 bridgehead atoms. The van der Waals surface area contributed by atoms with Crippen LogP contribution in [0.2, 0.25) is 0 Å². The molecule has 2 N–H and O–H groups in total. The quantitative estimate of drug-likeness (QED) is 0.630. The molecule has 3 amide bonds. The van der Waals surface area contributed by atoms with Gasteiger partial charge in [-0.2, -0.15) is 0 Å². The van der Waals surface area contributed by atoms with E-state index in [-0.39, 0.29) is 49.0 Å². The molecule has 2 aliphatic heterocycles. The van der Waals surface area contributed by atoms with E-state index in [1.807, 2.05) is 12.1 Å². The van der Waals surface area contributed by atoms with Gasteiger partial charge in [0.2, 0.25) is 11.8 Å². The van der Waals surface area contributed by atoms with Crippen molar-refractivity contribution in [2.75, 3.05) is 25.5 Å². The monoisotopic (exact) mass is 480 g/mol. The minimum absolute atomic E-state index is 0.0503. The number of likely N-dealkylation sites (N-methyl/N-ethyl adjacent to an activating group) is 1. The molecule has 0 radical (unpaired) electrons. The minimum Gasteiger partial charge on any atom is -0.490 e. The number of hydrogen-bond donors (Lipinski definition) is 2. The van der Waals surface area contributed by atoms with Crippen LogP contribution < -0.4 is 15.4 Å². The van der Waals surface area contributed by atoms with Crippen LogP contribution in [0.25, 0.3) is 0 Å². The summed E-state index contributed by atoms with van der Waals surface area (Å²) in [5, 5.41) is 5.75. The summed E-state index contributed by atoms with van der Waals surface area (Å²) in [6, 6.07) is 8.79. The zero-order valence-corrected chi connectivity index (χ0v) is 20.2. The molecular formula is C26H32N4O5. The number of benzene rings is 1. The van der Waals surface area contributed by atoms with Gasteiger partial charge in [-0.15, -0.1) is 0 Å². The Morgan fingerprint density at radius 1 is 1.14 bits per heavy atom. The normalized spacial score (nSPS) is 21.6. The number of nitrogens with one attached hydrogen (secondary N) is 2. The average Bonchev–Trinajstić information content (AvgIpc) is 2.87. The van der Waals surface area contributed by atoms with Crippen molar-refractivity contribution in [1.29, 1.82) is 0 Å². The van der Waals surface area contributed by atoms with Gasteiger partial charge in [-0.25, -0.2) is 0 Å². The van der Waals surface area contributed by atoms with Crippen molar-refractivity contribution in [3.05, 3.63) is 53.9 Å². The fourth-order valence-electron chi connectivity index (χ4n) is 4.53. The van der Waals surface area contributed by atoms with Crippen LogP contribution in [0.3, 0.4) is 0 Å². The Labute approximate surface area is 205 Å². The summed E-state index contributed by atoms with van der Waals surface area (Å²) in [6.07, 6.45) is 5.68. The van der Waals surface area contributed by atoms with Crippen LogP contribution in [0.15, 0.2) is 42.7 Å². The van der Waals surface area contributed by atoms with Crippen LogP contribution in [-0.2, 0) is 20.7 Å². The smallest absolute Gasteiger partial charge is 0.257 e. The Morgan fingerprint density at radius 2 is 1.94 bits per heavy atom. The number of carbonyl (C=O) groups is 3. The van der Waals surface area contributed by atoms with E-state index >= 15 is 0 Å². The number of rotatable bonds is 7. The lowest BCUT2D eigenvalue weighted by atomic mass is 9.94. The second-order valence-corrected chi connectivity index (χ2v) is 8.94. The van der Waals surface area contributed by atoms with Crippen molar-refractivity contribution in [3.63, 3.8) is 0 Å². The van der Waals surface area contributed by atoms with E-state index in [2.05, 4.69) is 15.6 Å². The van der Waals surface area contributed by atoms with Gasteiger partial charge in [-0.3, -0.25) is 19.4 Å². The van der Waals surface area contributed by atoms with Crippen molar-refractivity contribution in [2.45, 2.75) is 57.3 Å². The Balaban J connectivity index is 1.35. The fraction of sp³-hybridized carbons (Fsp3) is 0.462. The second-order valence-electron chi connectivity index (χ2n) is 8.94. The van der Waals surface area contributed by atoms with Gasteiger partial charge in [0.05, 0.1) is 24.1 Å². The van der Waals surface area contributed by atoms with E-state index in [4.69, 9.17) is 9.47 Å². The van der Waals surface area contributed by atoms with Gasteiger partial charge in [0, 0.05) is 38.1 Å². The van der Waals surface area contributed by atoms with Gasteiger partial charge in [-0.05, 0) is 55.2 Å². The number of nitrogens with zero attached hydrogens (tertiary/aromatic N) is 2. The van der Waals surface area contributed by atoms with E-state index in [9.17, 15) is 14.4 Å². The van der Waals surface area contributed by atoms with Gasteiger partial charge in [0.25, 0.3) is 5.91 Å². The van der Waals surface area contributed by atoms with E-state index in [1.165, 1.54) is 0 Å². The Bertz CT molecular complexity index is 1060. The van der Waals surface area contributed by atoms with Crippen LogP contribution in [0.5, 0.6) is 5.75 Å². The lowest BCUT2D eigenvalue weighted by Crippen LogP contribution is -2.54. The summed E-state index contributed by atoms with van der Waals surface area (Å²) >= 11 is 0. The number of hydrogen-bond acceptors (Lipinski definition) is 6. The number of amides is 3. The molecular weight excluding hydrogens is 448 g/mol. The predicted molar refractivity (Wildman–Crippen MR) is 130 cm³/mol. The zero-order chi connectivity index (χ0) is 24.8. The first-order valence-electron chi connectivity index (χ1n) is 12.1. The second kappa shape index (κ2) is 11.3. The predicted octanol–water partition coefficient (Wildman–Crippen LogP) is 2.56. The van der Waals surface area contributed by atoms with Crippen molar-refractivity contribution < 1.29 is 23.9 Å². The largest absolute Gasteiger partial charge is 0.490 e. The van der Waals surface area contributed by atoms with Gasteiger partial charge in [-0.1, -0.05) is 6.92 Å². The van der Waals surface area contributed by atoms with E-state index in [0.717, 1.165) is 12.0 Å². The van der Waals surface area contributed by atoms with Crippen LogP contribution >= 0.6 is 0 Å². The number of aromatic nitrogens is 1. The lowest BCUT2D eigenvalue weighted by molar-refractivity contribution is -0.134. The highest BCUT2D eigenvalue weighted by Gasteiger charge is 2.39. The zero-order valence-electron chi connectivity index (χ0n) is 20.2. The molecule has 1 fully saturated rings. The molecule has 3 heterocycles. The maximum atomic E-state index is 13.3. The molecule has 1 aromatic carbocycles. The lowest BCUT2D eigenvalue weighted by Gasteiger charge is -2.42. The standard InChI is InChI=1S/C26H32N4O5/c1-3-24(31)29-18-4-7-22-20(14-18)26(33)30(2)21-6-5-19(35-23(21)16-34-22)15-25(32)28-13-10-17-8-11-27-12-9-17/h4,7-9,11-12,14,19,21,23H,3,5-6,10,13,15-16H2,1-2H3,(H,28,32)(H,29,31)/t19-,21+,23+/m0/s1. The summed E-state index contributed by atoms with van der Waals surface area (Å²) in [6.45, 7) is 2.60. The Morgan fingerprint density at radius 3 is 2.71 bits per heavy atom. The van der Waals surface area contributed by atoms with Crippen LogP contribution in [-0.4, -0.2) is 66.1 Å². The first-order valence-corrected chi connectivity index (χ1v) is 12.1. The van der Waals surface area contributed by atoms with Crippen molar-refractivity contribution in [3.8, 4) is 5.75 Å². The highest BCUT2D eigenvalue weighted by molar-refractivity contribution is 5.99. The molecule has 9 heteroatoms. The Hall–Kier alpha value is -3.46. The first kappa shape index (κ1) is 24.7. The minimum atomic E-state index is -0.333. The number of ether oxygens (including phenoxy) is 2. The van der Waals surface area contributed by atoms with Crippen LogP contribution in [0.1, 0.15) is 48.5 Å². The molecule has 3 atom stereocenters. The van der Waals surface area contributed by atoms with E-state index in [0.29, 0.717) is 42.8 Å². The molecule has 2 aliphatic rings. The van der Waals surface area contributed by atoms with E-state index < -0.39 is 0 Å². The molecule has 35 heavy (non-hydrogen) atoms. The number of pyridine rings is 1. The topological polar surface area (TPSA) is 110 Å². The SMILES string of the molecule is CCC(=O)Nc1ccc2c(c1)C(=O)N(C)[C@@H]1CC[C@@H](CC(=O)NCCc3ccncc3)O[C@@H]1CO2. The van der Waals surface area contributed by atoms with Gasteiger partial charge in [0.1, 0.15) is 18.5 Å². The fourth-order valence-corrected chi connectivity index (χ4v) is 4.53. The number of fused-ring (bicyclic) bond motifs is 2. The molecule has 0 unspecified atom stereocenters. The van der Waals surface area contributed by atoms with Gasteiger partial charge in [0.15, 0.2) is 0 Å². The average molecular weight is 481 g/mol. The van der Waals surface area contributed by atoms with Crippen molar-refractivity contribution in [2.24, 2.45) is 0 Å². The molecule has 0 aliphatic carbocycles. The summed E-state index contributed by atoms with van der Waals surface area (Å²) in [4.78, 5) is 43.2. The summed E-state index contributed by atoms with van der Waals surface area (Å²) in [5.74, 6) is 0.101. The molecule has 0 spiro atoms. The molecule has 1 saturated heterocycles. The van der Waals surface area contributed by atoms with Gasteiger partial charge >= 0.3 is 0 Å². The third-order valence-electron chi connectivity index (χ3n) is 6.51. The maximum absolute atomic E-state index is 13.3. The third-order valence-corrected chi connectivity index (χ3v) is 6.51. The van der Waals surface area contributed by atoms with Crippen molar-refractivity contribution >= 4 is 23.4 Å². The molecule has 0 saturated carbocycles. The molecule has 2 aromatic rings. The highest BCUT2D eigenvalue weighted by Crippen LogP contribution is 2.32. The Kier molecular flexibility index (Phi) is 7.97. The highest BCUT2D eigenvalue weighted by atomic mass is 16.5. The summed E-state index contributed by atoms with van der Waals surface area (Å²) in [5.41, 5.74) is 2.10. The van der Waals surface area contributed by atoms with E-state index in [1.54, 1.807) is 49.5 Å². The molecule has 4 rings (SSSR count). The van der Waals surface area contributed by atoms with Gasteiger partial charge < -0.3 is 25.0 Å². The molecule has 1 aromatic heterocycles.